The van der Waals surface area contributed by atoms with Crippen LogP contribution in [0.2, 0.25) is 0 Å². The van der Waals surface area contributed by atoms with E-state index in [0.29, 0.717) is 25.8 Å². The van der Waals surface area contributed by atoms with E-state index in [-0.39, 0.29) is 62.4 Å². The summed E-state index contributed by atoms with van der Waals surface area (Å²) < 4.78 is 0. The number of hydrogen-bond donors (Lipinski definition) is 13. The van der Waals surface area contributed by atoms with E-state index in [1.54, 1.807) is 41.5 Å². The minimum absolute atomic E-state index is 0.0278. The molecular weight excluding hydrogens is 813 g/mol. The van der Waals surface area contributed by atoms with Crippen LogP contribution >= 0.6 is 0 Å². The average molecular weight is 885 g/mol. The Morgan fingerprint density at radius 2 is 1.00 bits per heavy atom. The number of carbonyl (C=O) groups excluding carboxylic acids is 7. The van der Waals surface area contributed by atoms with E-state index in [1.165, 1.54) is 6.92 Å². The van der Waals surface area contributed by atoms with Gasteiger partial charge in [-0.3, -0.25) is 43.3 Å². The number of unbranched alkanes of at least 4 members (excludes halogenated alkanes) is 1. The van der Waals surface area contributed by atoms with E-state index in [1.807, 2.05) is 0 Å². The largest absolute Gasteiger partial charge is 0.481 e. The molecule has 0 saturated carbocycles. The summed E-state index contributed by atoms with van der Waals surface area (Å²) in [5.41, 5.74) is 21.9. The van der Waals surface area contributed by atoms with Gasteiger partial charge in [-0.15, -0.1) is 0 Å². The van der Waals surface area contributed by atoms with Gasteiger partial charge in [0, 0.05) is 6.54 Å². The zero-order valence-electron chi connectivity index (χ0n) is 37.1. The van der Waals surface area contributed by atoms with Gasteiger partial charge in [0.2, 0.25) is 41.4 Å². The summed E-state index contributed by atoms with van der Waals surface area (Å²) in [5, 5.41) is 36.6. The molecule has 0 unspecified atom stereocenters. The molecule has 0 heterocycles. The van der Waals surface area contributed by atoms with E-state index in [9.17, 15) is 53.4 Å². The normalized spacial score (nSPS) is 14.5. The molecule has 354 valence electrons. The molecule has 0 aromatic carbocycles. The van der Waals surface area contributed by atoms with Gasteiger partial charge in [0.25, 0.3) is 0 Å². The molecule has 7 atom stereocenters. The van der Waals surface area contributed by atoms with Crippen molar-refractivity contribution in [3.8, 4) is 0 Å². The van der Waals surface area contributed by atoms with E-state index < -0.39 is 109 Å². The van der Waals surface area contributed by atoms with Crippen LogP contribution in [0.4, 0.5) is 0 Å². The summed E-state index contributed by atoms with van der Waals surface area (Å²) >= 11 is 0. The van der Waals surface area contributed by atoms with Crippen molar-refractivity contribution in [1.82, 2.24) is 37.2 Å². The number of hydrogen-bond acceptors (Lipinski definition) is 12. The molecule has 62 heavy (non-hydrogen) atoms. The Bertz CT molecular complexity index is 1540. The van der Waals surface area contributed by atoms with Crippen LogP contribution in [0.1, 0.15) is 106 Å². The van der Waals surface area contributed by atoms with E-state index in [0.717, 1.165) is 0 Å². The number of aliphatic imine (C=N–C) groups is 1. The Morgan fingerprint density at radius 3 is 1.44 bits per heavy atom. The second kappa shape index (κ2) is 29.6. The highest BCUT2D eigenvalue weighted by molar-refractivity contribution is 5.98. The van der Waals surface area contributed by atoms with Crippen molar-refractivity contribution in [3.63, 3.8) is 0 Å². The highest BCUT2D eigenvalue weighted by Gasteiger charge is 2.34. The van der Waals surface area contributed by atoms with Crippen molar-refractivity contribution in [1.29, 1.82) is 0 Å². The fraction of sp³-hybridized carbons (Fsp3) is 0.744. The molecule has 0 saturated heterocycles. The van der Waals surface area contributed by atoms with Crippen molar-refractivity contribution < 1.29 is 53.4 Å². The molecule has 0 fully saturated rings. The van der Waals surface area contributed by atoms with Gasteiger partial charge in [-0.2, -0.15) is 0 Å². The topological polar surface area (TPSA) is 395 Å². The molecule has 0 aliphatic carbocycles. The summed E-state index contributed by atoms with van der Waals surface area (Å²) in [6.07, 6.45) is 0.967. The predicted molar refractivity (Wildman–Crippen MR) is 229 cm³/mol. The van der Waals surface area contributed by atoms with Crippen LogP contribution in [-0.4, -0.2) is 131 Å². The minimum Gasteiger partial charge on any atom is -0.481 e. The molecule has 23 nitrogen and oxygen atoms in total. The molecule has 0 aromatic heterocycles. The van der Waals surface area contributed by atoms with Gasteiger partial charge in [0.05, 0.1) is 19.0 Å². The molecule has 0 aliphatic rings. The number of nitrogens with zero attached hydrogens (tertiary/aromatic N) is 1. The summed E-state index contributed by atoms with van der Waals surface area (Å²) in [6.45, 7) is 12.0. The number of nitrogens with two attached hydrogens (primary N) is 4. The number of rotatable bonds is 31. The molecule has 0 radical (unpaired) electrons. The van der Waals surface area contributed by atoms with Crippen molar-refractivity contribution >= 4 is 59.2 Å². The van der Waals surface area contributed by atoms with Crippen molar-refractivity contribution in [2.75, 3.05) is 19.6 Å². The highest BCUT2D eigenvalue weighted by Crippen LogP contribution is 2.12. The maximum absolute atomic E-state index is 13.7. The maximum atomic E-state index is 13.7. The molecule has 17 N–H and O–H groups in total. The fourth-order valence-corrected chi connectivity index (χ4v) is 5.93. The predicted octanol–water partition coefficient (Wildman–Crippen LogP) is -2.76. The van der Waals surface area contributed by atoms with Crippen LogP contribution < -0.4 is 60.2 Å². The fourth-order valence-electron chi connectivity index (χ4n) is 5.93. The monoisotopic (exact) mass is 885 g/mol. The molecule has 7 amide bonds. The molecule has 0 spiro atoms. The molecular formula is C39H72N12O11. The zero-order valence-corrected chi connectivity index (χ0v) is 37.1. The van der Waals surface area contributed by atoms with Gasteiger partial charge in [0.1, 0.15) is 36.3 Å². The number of guanidine groups is 1. The lowest BCUT2D eigenvalue weighted by molar-refractivity contribution is -0.143. The lowest BCUT2D eigenvalue weighted by Crippen LogP contribution is -2.59. The van der Waals surface area contributed by atoms with Crippen molar-refractivity contribution in [2.45, 2.75) is 149 Å². The van der Waals surface area contributed by atoms with Crippen LogP contribution in [-0.2, 0) is 43.2 Å². The Kier molecular flexibility index (Phi) is 27.0. The van der Waals surface area contributed by atoms with Crippen molar-refractivity contribution in [2.24, 2.45) is 45.7 Å². The molecule has 0 bridgehead atoms. The number of aliphatic carboxylic acids is 2. The minimum atomic E-state index is -1.72. The Morgan fingerprint density at radius 1 is 0.548 bits per heavy atom. The smallest absolute Gasteiger partial charge is 0.326 e. The lowest BCUT2D eigenvalue weighted by atomic mass is 9.99. The standard InChI is InChI=1S/C39H72N12O11/c1-20(2)15-26(47-30(52)19-45-32(55)23(7)46-33(56)24(41)11-10-14-44-39(42)43)34(57)49-28(17-22(5)6)36(59)51-29(18-31(53)54)37(60)50-27(16-21(3)4)35(58)48-25(38(61)62)12-8-9-13-40/h20-29H,8-19,40-41H2,1-7H3,(H,45,55)(H,46,56)(H,47,52)(H,48,58)(H,49,57)(H,50,60)(H,51,59)(H,53,54)(H,61,62)(H4,42,43,44)/t23-,24-,25-,26-,27-,28-,29-/m0/s1. The zero-order chi connectivity index (χ0) is 47.7. The third kappa shape index (κ3) is 24.6. The Labute approximate surface area is 363 Å². The number of carbonyl (C=O) groups is 9. The first-order valence-electron chi connectivity index (χ1n) is 20.9. The van der Waals surface area contributed by atoms with Gasteiger partial charge >= 0.3 is 11.9 Å². The van der Waals surface area contributed by atoms with Gasteiger partial charge in [-0.1, -0.05) is 41.5 Å². The second-order valence-electron chi connectivity index (χ2n) is 16.5. The van der Waals surface area contributed by atoms with E-state index >= 15 is 0 Å². The number of nitrogens with one attached hydrogen (secondary N) is 7. The number of carboxylic acid groups (broad SMARTS) is 2. The SMILES string of the molecule is CC(C)C[C@H](NC(=O)CNC(=O)[C@H](C)NC(=O)[C@@H](N)CCCN=C(N)N)C(=O)N[C@@H](CC(C)C)C(=O)N[C@@H](CC(=O)O)C(=O)N[C@@H](CC(C)C)C(=O)N[C@@H](CCCCN)C(=O)O. The molecule has 0 aliphatic heterocycles. The maximum Gasteiger partial charge on any atom is 0.326 e. The second-order valence-corrected chi connectivity index (χ2v) is 16.5. The number of carboxylic acids is 2. The first-order valence-corrected chi connectivity index (χ1v) is 20.9. The van der Waals surface area contributed by atoms with Crippen LogP contribution in [0.25, 0.3) is 0 Å². The van der Waals surface area contributed by atoms with Gasteiger partial charge in [0.15, 0.2) is 5.96 Å². The summed E-state index contributed by atoms with van der Waals surface area (Å²) in [5.74, 6) is -9.01. The molecule has 0 aromatic rings. The van der Waals surface area contributed by atoms with Crippen LogP contribution in [0, 0.1) is 17.8 Å². The summed E-state index contributed by atoms with van der Waals surface area (Å²) in [4.78, 5) is 120. The third-order valence-electron chi connectivity index (χ3n) is 9.09. The first kappa shape index (κ1) is 56.4. The van der Waals surface area contributed by atoms with E-state index in [4.69, 9.17) is 22.9 Å². The average Bonchev–Trinajstić information content (AvgIpc) is 3.15. The lowest BCUT2D eigenvalue weighted by Gasteiger charge is -2.28. The third-order valence-corrected chi connectivity index (χ3v) is 9.09. The quantitative estimate of drug-likeness (QED) is 0.0191. The van der Waals surface area contributed by atoms with Gasteiger partial charge in [-0.25, -0.2) is 4.79 Å². The highest BCUT2D eigenvalue weighted by atomic mass is 16.4. The molecule has 23 heteroatoms. The Balaban J connectivity index is 5.91. The van der Waals surface area contributed by atoms with Crippen LogP contribution in [0.5, 0.6) is 0 Å². The van der Waals surface area contributed by atoms with Gasteiger partial charge in [-0.05, 0) is 82.6 Å². The van der Waals surface area contributed by atoms with Crippen LogP contribution in [0.15, 0.2) is 4.99 Å². The number of amides is 7. The van der Waals surface area contributed by atoms with E-state index in [2.05, 4.69) is 42.2 Å². The molecule has 0 rings (SSSR count). The summed E-state index contributed by atoms with van der Waals surface area (Å²) in [6, 6.07) is -8.82. The van der Waals surface area contributed by atoms with Crippen LogP contribution in [0.3, 0.4) is 0 Å². The van der Waals surface area contributed by atoms with Gasteiger partial charge < -0.3 is 70.4 Å². The van der Waals surface area contributed by atoms with Crippen molar-refractivity contribution in [3.05, 3.63) is 0 Å². The first-order chi connectivity index (χ1) is 28.9. The summed E-state index contributed by atoms with van der Waals surface area (Å²) in [7, 11) is 0. The Hall–Kier alpha value is -5.58.